The molecule has 13 amide bonds. The molecule has 24 N–H and O–H groups in total. The molecule has 122 heavy (non-hydrogen) atoms. The van der Waals surface area contributed by atoms with Gasteiger partial charge in [0.2, 0.25) is 76.8 Å². The number of nitrogens with two attached hydrogens (primary N) is 3. The minimum atomic E-state index is -1.74. The lowest BCUT2D eigenvalue weighted by atomic mass is 9.98. The molecular weight excluding hydrogens is 1620 g/mol. The molecule has 0 aliphatic carbocycles. The molecule has 1 fully saturated rings. The number of aliphatic carboxylic acids is 3. The van der Waals surface area contributed by atoms with Crippen molar-refractivity contribution >= 4 is 137 Å². The van der Waals surface area contributed by atoms with E-state index in [1.165, 1.54) is 4.90 Å². The maximum atomic E-state index is 15.1. The highest BCUT2D eigenvalue weighted by Gasteiger charge is 2.40. The van der Waals surface area contributed by atoms with E-state index in [4.69, 9.17) is 22.6 Å². The van der Waals surface area contributed by atoms with Gasteiger partial charge in [0.15, 0.2) is 5.96 Å². The van der Waals surface area contributed by atoms with Gasteiger partial charge in [-0.3, -0.25) is 77.3 Å². The first-order valence-corrected chi connectivity index (χ1v) is 42.1. The van der Waals surface area contributed by atoms with Gasteiger partial charge in [0.1, 0.15) is 72.5 Å². The monoisotopic (exact) mass is 1740 g/mol. The largest absolute Gasteiger partial charge is 0.481 e. The van der Waals surface area contributed by atoms with Crippen molar-refractivity contribution in [3.63, 3.8) is 0 Å². The summed E-state index contributed by atoms with van der Waals surface area (Å²) in [5.41, 5.74) is 19.4. The second-order valence-corrected chi connectivity index (χ2v) is 32.1. The Morgan fingerprint density at radius 2 is 0.869 bits per heavy atom. The molecular formula is C82H121N19O19S2. The van der Waals surface area contributed by atoms with Gasteiger partial charge in [-0.15, -0.1) is 0 Å². The number of aromatic nitrogens is 1. The Bertz CT molecular complexity index is 4220. The van der Waals surface area contributed by atoms with Crippen LogP contribution in [0.25, 0.3) is 10.9 Å². The van der Waals surface area contributed by atoms with E-state index in [0.717, 1.165) is 0 Å². The first-order valence-electron chi connectivity index (χ1n) is 40.9. The molecule has 1 aliphatic heterocycles. The number of guanidine groups is 1. The van der Waals surface area contributed by atoms with Crippen LogP contribution in [0.1, 0.15) is 148 Å². The van der Waals surface area contributed by atoms with Crippen LogP contribution in [-0.4, -0.2) is 242 Å². The van der Waals surface area contributed by atoms with Crippen molar-refractivity contribution in [2.45, 2.75) is 229 Å². The lowest BCUT2D eigenvalue weighted by Gasteiger charge is -2.30. The number of H-pyrrole nitrogens is 1. The van der Waals surface area contributed by atoms with Crippen LogP contribution in [-0.2, 0) is 96.0 Å². The quantitative estimate of drug-likeness (QED) is 0.0111. The molecule has 4 aromatic rings. The zero-order valence-corrected chi connectivity index (χ0v) is 71.4. The number of hydrogen-bond acceptors (Lipinski definition) is 21. The Morgan fingerprint density at radius 1 is 0.467 bits per heavy atom. The van der Waals surface area contributed by atoms with Gasteiger partial charge in [-0.25, -0.2) is 4.79 Å². The number of likely N-dealkylation sites (tertiary alicyclic amines) is 1. The summed E-state index contributed by atoms with van der Waals surface area (Å²) in [5.74, 6) is -17.3. The predicted octanol–water partition coefficient (Wildman–Crippen LogP) is -0.833. The van der Waals surface area contributed by atoms with Crippen LogP contribution in [0.15, 0.2) is 91.1 Å². The van der Waals surface area contributed by atoms with Gasteiger partial charge >= 0.3 is 17.9 Å². The van der Waals surface area contributed by atoms with Gasteiger partial charge in [-0.05, 0) is 124 Å². The topological polar surface area (TPSA) is 611 Å². The molecule has 0 radical (unpaired) electrons. The first-order chi connectivity index (χ1) is 57.9. The summed E-state index contributed by atoms with van der Waals surface area (Å²) in [6, 6.07) is 5.62. The number of carboxylic acids is 3. The zero-order valence-electron chi connectivity index (χ0n) is 69.6. The molecule has 2 heterocycles. The number of benzene rings is 3. The summed E-state index contributed by atoms with van der Waals surface area (Å²) in [6.07, 6.45) is 0.0653. The van der Waals surface area contributed by atoms with Gasteiger partial charge in [-0.2, -0.15) is 25.3 Å². The van der Waals surface area contributed by atoms with Crippen LogP contribution >= 0.6 is 25.3 Å². The Morgan fingerprint density at radius 3 is 1.34 bits per heavy atom. The van der Waals surface area contributed by atoms with Gasteiger partial charge in [0.05, 0.1) is 12.6 Å². The van der Waals surface area contributed by atoms with Crippen molar-refractivity contribution in [1.82, 2.24) is 79.0 Å². The molecule has 5 rings (SSSR count). The SMILES string of the molecule is CC(C)C[C@H](NC(=O)[C@H](Cc1c[nH]c2ccccc12)NC(=O)[C@H](CC(C)C)NC(=O)[C@H](CC(C)C)NC(=O)[C@@H]1CCCN1C(=O)CNC(=O)[C@H](CCC(=O)O)NC(=O)[C@H](CCCCN)NC(=O)[C@@H](N)CS)C(=O)N[C@@H](CS)C(=O)N[C@@H](CCC(=O)O)C(=O)N[C@@H](CCCNC(=N)N)C(=O)N[C@@H](Cc1ccccc1)C(=O)N[C@@H](Cc1ccccc1)C(=O)O. The standard InChI is InChI=1S/C82H121N19O19S2/c1-45(2)35-58(94-75(113)60(37-47(5)6)98-80(118)65-27-18-34-101(65)66(102)42-89-70(108)56(28-30-67(103)104)92-71(109)54(25-15-16-32-83)90-69(107)52(84)43-121)74(112)97-62(40-50-41-88-53-24-14-13-23-51(50)53)78(116)95-59(36-46(3)4)76(114)100-64(44-122)79(117)93-57(29-31-68(105)106)73(111)91-55(26-17-33-87-82(85)86)72(110)96-61(38-48-19-9-7-10-20-48)77(115)99-63(81(119)120)39-49-21-11-8-12-22-49/h7-14,19-24,41,45-47,52,54-65,88,121-122H,15-18,25-40,42-44,83-84H2,1-6H3,(H,89,108)(H,90,107)(H,91,111)(H,92,109)(H,93,117)(H,94,113)(H,95,116)(H,96,110)(H,97,112)(H,98,118)(H,99,115)(H,100,114)(H,103,104)(H,105,106)(H,119,120)(H4,85,86,87)/t52-,54-,55-,56-,57-,58-,59-,60-,61-,62-,63-,64-,65-/m0/s1. The number of hydrogen-bond donors (Lipinski definition) is 23. The second kappa shape index (κ2) is 52.1. The fraction of sp³-hybridized carbons (Fsp3) is 0.549. The van der Waals surface area contributed by atoms with E-state index >= 15 is 9.59 Å². The smallest absolute Gasteiger partial charge is 0.326 e. The van der Waals surface area contributed by atoms with Crippen molar-refractivity contribution in [2.75, 3.05) is 37.7 Å². The van der Waals surface area contributed by atoms with Crippen molar-refractivity contribution in [2.24, 2.45) is 35.0 Å². The van der Waals surface area contributed by atoms with Gasteiger partial charge in [-0.1, -0.05) is 120 Å². The average Bonchev–Trinajstić information content (AvgIpc) is 1.68. The molecule has 0 spiro atoms. The summed E-state index contributed by atoms with van der Waals surface area (Å²) < 4.78 is 0. The van der Waals surface area contributed by atoms with Gasteiger partial charge in [0, 0.05) is 73.8 Å². The van der Waals surface area contributed by atoms with Crippen LogP contribution in [0.2, 0.25) is 0 Å². The normalized spacial score (nSPS) is 15.5. The summed E-state index contributed by atoms with van der Waals surface area (Å²) in [5, 5.41) is 71.9. The van der Waals surface area contributed by atoms with Crippen molar-refractivity contribution < 1.29 is 92.0 Å². The van der Waals surface area contributed by atoms with E-state index < -0.39 is 217 Å². The number of thiol groups is 2. The third-order valence-corrected chi connectivity index (χ3v) is 20.7. The molecule has 1 saturated heterocycles. The number of carboxylic acid groups (broad SMARTS) is 3. The summed E-state index contributed by atoms with van der Waals surface area (Å²) in [4.78, 5) is 227. The number of para-hydroxylation sites is 1. The average molecular weight is 1740 g/mol. The molecule has 0 unspecified atom stereocenters. The number of nitrogens with one attached hydrogen (secondary N) is 15. The molecule has 3 aromatic carbocycles. The fourth-order valence-corrected chi connectivity index (χ4v) is 14.0. The van der Waals surface area contributed by atoms with Crippen LogP contribution in [0.4, 0.5) is 0 Å². The van der Waals surface area contributed by atoms with Gasteiger partial charge in [0.25, 0.3) is 0 Å². The van der Waals surface area contributed by atoms with Crippen molar-refractivity contribution in [3.8, 4) is 0 Å². The Labute approximate surface area is 719 Å². The lowest BCUT2D eigenvalue weighted by Crippen LogP contribution is -2.61. The number of aromatic amines is 1. The Kier molecular flexibility index (Phi) is 43.2. The molecule has 13 atom stereocenters. The van der Waals surface area contributed by atoms with Crippen molar-refractivity contribution in [3.05, 3.63) is 108 Å². The molecule has 40 heteroatoms. The number of unbranched alkanes of at least 4 members (excludes halogenated alkanes) is 1. The number of amides is 13. The third-order valence-electron chi connectivity index (χ3n) is 20.0. The summed E-state index contributed by atoms with van der Waals surface area (Å²) in [7, 11) is 0. The summed E-state index contributed by atoms with van der Waals surface area (Å²) >= 11 is 8.41. The molecule has 1 aliphatic rings. The lowest BCUT2D eigenvalue weighted by molar-refractivity contribution is -0.142. The highest BCUT2D eigenvalue weighted by Crippen LogP contribution is 2.23. The number of fused-ring (bicyclic) bond motifs is 1. The van der Waals surface area contributed by atoms with E-state index in [1.807, 2.05) is 0 Å². The fourth-order valence-electron chi connectivity index (χ4n) is 13.6. The number of rotatable bonds is 54. The van der Waals surface area contributed by atoms with E-state index in [2.05, 4.69) is 99.4 Å². The maximum absolute atomic E-state index is 15.1. The van der Waals surface area contributed by atoms with E-state index in [1.54, 1.807) is 133 Å². The Balaban J connectivity index is 1.36. The number of carbonyl (C=O) groups is 16. The van der Waals surface area contributed by atoms with E-state index in [-0.39, 0.29) is 107 Å². The zero-order chi connectivity index (χ0) is 90.3. The van der Waals surface area contributed by atoms with Crippen LogP contribution in [0.3, 0.4) is 0 Å². The minimum absolute atomic E-state index is 0.00680. The van der Waals surface area contributed by atoms with Crippen LogP contribution < -0.4 is 86.3 Å². The van der Waals surface area contributed by atoms with Crippen LogP contribution in [0.5, 0.6) is 0 Å². The first kappa shape index (κ1) is 101. The van der Waals surface area contributed by atoms with E-state index in [0.29, 0.717) is 46.9 Å². The molecule has 0 bridgehead atoms. The molecule has 670 valence electrons. The summed E-state index contributed by atoms with van der Waals surface area (Å²) in [6.45, 7) is 10.2. The molecule has 0 saturated carbocycles. The minimum Gasteiger partial charge on any atom is -0.481 e. The number of carbonyl (C=O) groups excluding carboxylic acids is 13. The highest BCUT2D eigenvalue weighted by atomic mass is 32.1. The van der Waals surface area contributed by atoms with Crippen LogP contribution in [0, 0.1) is 23.2 Å². The maximum Gasteiger partial charge on any atom is 0.326 e. The third kappa shape index (κ3) is 35.0. The predicted molar refractivity (Wildman–Crippen MR) is 459 cm³/mol. The number of nitrogens with zero attached hydrogens (tertiary/aromatic N) is 1. The van der Waals surface area contributed by atoms with Gasteiger partial charge < -0.3 is 112 Å². The molecule has 38 nitrogen and oxygen atoms in total. The Hall–Kier alpha value is -11.4. The van der Waals surface area contributed by atoms with E-state index in [9.17, 15) is 82.4 Å². The van der Waals surface area contributed by atoms with Crippen molar-refractivity contribution in [1.29, 1.82) is 5.41 Å². The molecule has 1 aromatic heterocycles. The highest BCUT2D eigenvalue weighted by molar-refractivity contribution is 7.80. The second-order valence-electron chi connectivity index (χ2n) is 31.4.